The van der Waals surface area contributed by atoms with Crippen molar-refractivity contribution in [2.45, 2.75) is 31.9 Å². The molecule has 0 aliphatic heterocycles. The number of nitrogens with zero attached hydrogens (tertiary/aromatic N) is 1. The van der Waals surface area contributed by atoms with Crippen LogP contribution in [0.3, 0.4) is 0 Å². The van der Waals surface area contributed by atoms with Gasteiger partial charge in [0.15, 0.2) is 0 Å². The SMILES string of the molecule is O=C(CCCCNc1ncc(-c2ccc(F)cc2)[nH]1)CC(F)(F)F. The van der Waals surface area contributed by atoms with Crippen LogP contribution < -0.4 is 5.32 Å². The lowest BCUT2D eigenvalue weighted by molar-refractivity contribution is -0.152. The number of halogens is 4. The van der Waals surface area contributed by atoms with Crippen LogP contribution in [-0.4, -0.2) is 28.5 Å². The molecule has 0 aliphatic carbocycles. The molecule has 2 rings (SSSR count). The van der Waals surface area contributed by atoms with Crippen LogP contribution in [-0.2, 0) is 4.79 Å². The quantitative estimate of drug-likeness (QED) is 0.554. The number of carbonyl (C=O) groups excluding carboxylic acids is 1. The molecule has 2 N–H and O–H groups in total. The predicted octanol–water partition coefficient (Wildman–Crippen LogP) is 4.32. The lowest BCUT2D eigenvalue weighted by atomic mass is 10.1. The molecule has 0 unspecified atom stereocenters. The molecule has 2 aromatic rings. The maximum atomic E-state index is 12.9. The van der Waals surface area contributed by atoms with Crippen LogP contribution >= 0.6 is 0 Å². The molecule has 0 fully saturated rings. The molecule has 0 aliphatic rings. The zero-order chi connectivity index (χ0) is 17.6. The number of Topliss-reactive ketones (excluding diaryl/α,β-unsaturated/α-hetero) is 1. The second-order valence-electron chi connectivity index (χ2n) is 5.37. The third-order valence-electron chi connectivity index (χ3n) is 3.30. The van der Waals surface area contributed by atoms with Crippen molar-refractivity contribution in [1.29, 1.82) is 0 Å². The molecule has 0 saturated heterocycles. The number of nitrogens with one attached hydrogen (secondary N) is 2. The fraction of sp³-hybridized carbons (Fsp3) is 0.375. The fourth-order valence-corrected chi connectivity index (χ4v) is 2.15. The minimum absolute atomic E-state index is 0.0832. The van der Waals surface area contributed by atoms with E-state index in [9.17, 15) is 22.4 Å². The first-order valence-electron chi connectivity index (χ1n) is 7.47. The van der Waals surface area contributed by atoms with E-state index in [4.69, 9.17) is 0 Å². The van der Waals surface area contributed by atoms with Crippen molar-refractivity contribution < 1.29 is 22.4 Å². The maximum absolute atomic E-state index is 12.9. The first-order chi connectivity index (χ1) is 11.3. The molecule has 0 saturated carbocycles. The van der Waals surface area contributed by atoms with Gasteiger partial charge in [0.25, 0.3) is 0 Å². The Morgan fingerprint density at radius 3 is 2.54 bits per heavy atom. The number of unbranched alkanes of at least 4 members (excludes halogenated alkanes) is 1. The van der Waals surface area contributed by atoms with Gasteiger partial charge in [-0.2, -0.15) is 13.2 Å². The molecular formula is C16H17F4N3O. The molecule has 0 spiro atoms. The Kier molecular flexibility index (Phi) is 5.94. The lowest BCUT2D eigenvalue weighted by Gasteiger charge is -2.05. The molecule has 0 radical (unpaired) electrons. The Labute approximate surface area is 136 Å². The van der Waals surface area contributed by atoms with Crippen LogP contribution in [0.25, 0.3) is 11.3 Å². The van der Waals surface area contributed by atoms with Crippen LogP contribution in [0.15, 0.2) is 30.5 Å². The molecule has 4 nitrogen and oxygen atoms in total. The van der Waals surface area contributed by atoms with Crippen LogP contribution in [0.5, 0.6) is 0 Å². The number of anilines is 1. The Morgan fingerprint density at radius 1 is 1.17 bits per heavy atom. The van der Waals surface area contributed by atoms with E-state index >= 15 is 0 Å². The number of aromatic nitrogens is 2. The number of imidazole rings is 1. The Balaban J connectivity index is 1.70. The number of hydrogen-bond acceptors (Lipinski definition) is 3. The standard InChI is InChI=1S/C16H17F4N3O/c17-12-6-4-11(5-7-12)14-10-22-15(23-14)21-8-2-1-3-13(24)9-16(18,19)20/h4-7,10H,1-3,8-9H2,(H2,21,22,23). The first kappa shape index (κ1) is 18.0. The summed E-state index contributed by atoms with van der Waals surface area (Å²) in [5, 5.41) is 2.99. The van der Waals surface area contributed by atoms with Crippen LogP contribution in [0, 0.1) is 5.82 Å². The molecule has 0 atom stereocenters. The zero-order valence-electron chi connectivity index (χ0n) is 12.8. The lowest BCUT2D eigenvalue weighted by Crippen LogP contribution is -2.15. The normalized spacial score (nSPS) is 11.5. The number of hydrogen-bond donors (Lipinski definition) is 2. The first-order valence-corrected chi connectivity index (χ1v) is 7.47. The summed E-state index contributed by atoms with van der Waals surface area (Å²) < 4.78 is 48.9. The van der Waals surface area contributed by atoms with Gasteiger partial charge in [0.05, 0.1) is 11.9 Å². The second kappa shape index (κ2) is 7.94. The smallest absolute Gasteiger partial charge is 0.356 e. The van der Waals surface area contributed by atoms with E-state index in [0.29, 0.717) is 25.3 Å². The van der Waals surface area contributed by atoms with Crippen molar-refractivity contribution in [3.8, 4) is 11.3 Å². The highest BCUT2D eigenvalue weighted by Gasteiger charge is 2.30. The van der Waals surface area contributed by atoms with Crippen molar-refractivity contribution in [2.75, 3.05) is 11.9 Å². The number of benzene rings is 1. The third-order valence-corrected chi connectivity index (χ3v) is 3.30. The van der Waals surface area contributed by atoms with Gasteiger partial charge >= 0.3 is 6.18 Å². The van der Waals surface area contributed by atoms with E-state index in [1.54, 1.807) is 18.3 Å². The van der Waals surface area contributed by atoms with Crippen LogP contribution in [0.4, 0.5) is 23.5 Å². The minimum atomic E-state index is -4.43. The van der Waals surface area contributed by atoms with E-state index in [-0.39, 0.29) is 12.2 Å². The molecule has 1 aromatic heterocycles. The van der Waals surface area contributed by atoms with Crippen molar-refractivity contribution in [2.24, 2.45) is 0 Å². The number of carbonyl (C=O) groups is 1. The summed E-state index contributed by atoms with van der Waals surface area (Å²) >= 11 is 0. The summed E-state index contributed by atoms with van der Waals surface area (Å²) in [6, 6.07) is 5.94. The Bertz CT molecular complexity index is 665. The van der Waals surface area contributed by atoms with Crippen molar-refractivity contribution in [3.63, 3.8) is 0 Å². The summed E-state index contributed by atoms with van der Waals surface area (Å²) in [7, 11) is 0. The van der Waals surface area contributed by atoms with Gasteiger partial charge in [-0.3, -0.25) is 4.79 Å². The molecule has 1 aromatic carbocycles. The van der Waals surface area contributed by atoms with E-state index in [0.717, 1.165) is 11.3 Å². The molecule has 8 heteroatoms. The van der Waals surface area contributed by atoms with Gasteiger partial charge < -0.3 is 10.3 Å². The monoisotopic (exact) mass is 343 g/mol. The predicted molar refractivity (Wildman–Crippen MR) is 82.0 cm³/mol. The van der Waals surface area contributed by atoms with Gasteiger partial charge in [0.2, 0.25) is 5.95 Å². The summed E-state index contributed by atoms with van der Waals surface area (Å²) in [6.45, 7) is 0.482. The third kappa shape index (κ3) is 6.02. The second-order valence-corrected chi connectivity index (χ2v) is 5.37. The summed E-state index contributed by atoms with van der Waals surface area (Å²) in [5.41, 5.74) is 1.51. The highest BCUT2D eigenvalue weighted by molar-refractivity contribution is 5.78. The number of rotatable bonds is 8. The molecule has 130 valence electrons. The highest BCUT2D eigenvalue weighted by Crippen LogP contribution is 2.21. The van der Waals surface area contributed by atoms with Crippen molar-refractivity contribution in [1.82, 2.24) is 9.97 Å². The van der Waals surface area contributed by atoms with E-state index < -0.39 is 18.4 Å². The number of aromatic amines is 1. The van der Waals surface area contributed by atoms with Gasteiger partial charge in [0.1, 0.15) is 18.0 Å². The van der Waals surface area contributed by atoms with Gasteiger partial charge in [0, 0.05) is 13.0 Å². The average molecular weight is 343 g/mol. The topological polar surface area (TPSA) is 57.8 Å². The summed E-state index contributed by atoms with van der Waals surface area (Å²) in [4.78, 5) is 18.2. The maximum Gasteiger partial charge on any atom is 0.395 e. The van der Waals surface area contributed by atoms with Crippen LogP contribution in [0.1, 0.15) is 25.7 Å². The Hall–Kier alpha value is -2.38. The van der Waals surface area contributed by atoms with E-state index in [1.165, 1.54) is 12.1 Å². The number of H-pyrrole nitrogens is 1. The molecular weight excluding hydrogens is 326 g/mol. The summed E-state index contributed by atoms with van der Waals surface area (Å²) in [6.07, 6.45) is -3.34. The molecule has 0 amide bonds. The number of alkyl halides is 3. The molecule has 1 heterocycles. The van der Waals surface area contributed by atoms with Gasteiger partial charge in [-0.25, -0.2) is 9.37 Å². The summed E-state index contributed by atoms with van der Waals surface area (Å²) in [5.74, 6) is -0.605. The van der Waals surface area contributed by atoms with Crippen molar-refractivity contribution >= 4 is 11.7 Å². The van der Waals surface area contributed by atoms with E-state index in [2.05, 4.69) is 15.3 Å². The Morgan fingerprint density at radius 2 is 1.88 bits per heavy atom. The van der Waals surface area contributed by atoms with E-state index in [1.807, 2.05) is 0 Å². The average Bonchev–Trinajstić information content (AvgIpc) is 2.94. The largest absolute Gasteiger partial charge is 0.395 e. The van der Waals surface area contributed by atoms with Crippen molar-refractivity contribution in [3.05, 3.63) is 36.3 Å². The van der Waals surface area contributed by atoms with Crippen LogP contribution in [0.2, 0.25) is 0 Å². The fourth-order valence-electron chi connectivity index (χ4n) is 2.15. The minimum Gasteiger partial charge on any atom is -0.356 e. The number of ketones is 1. The van der Waals surface area contributed by atoms with Gasteiger partial charge in [-0.1, -0.05) is 0 Å². The van der Waals surface area contributed by atoms with Gasteiger partial charge in [-0.05, 0) is 42.7 Å². The molecule has 24 heavy (non-hydrogen) atoms. The molecule has 0 bridgehead atoms. The highest BCUT2D eigenvalue weighted by atomic mass is 19.4. The zero-order valence-corrected chi connectivity index (χ0v) is 12.8. The van der Waals surface area contributed by atoms with Gasteiger partial charge in [-0.15, -0.1) is 0 Å².